The molecule has 1 unspecified atom stereocenters. The van der Waals surface area contributed by atoms with Crippen LogP contribution in [-0.2, 0) is 6.54 Å². The Balaban J connectivity index is 1.50. The molecule has 1 aliphatic heterocycles. The zero-order valence-corrected chi connectivity index (χ0v) is 13.4. The van der Waals surface area contributed by atoms with Crippen LogP contribution in [0.1, 0.15) is 34.0 Å². The Hall–Kier alpha value is -2.59. The van der Waals surface area contributed by atoms with E-state index >= 15 is 0 Å². The van der Waals surface area contributed by atoms with Crippen molar-refractivity contribution in [2.75, 3.05) is 13.1 Å². The SMILES string of the molecule is O=C(O)c1cc2cc(C3CCN(Cc4ccccc4)C3)ccc2[nH]1. The fraction of sp³-hybridized carbons (Fsp3) is 0.250. The van der Waals surface area contributed by atoms with Crippen molar-refractivity contribution in [3.63, 3.8) is 0 Å². The first-order chi connectivity index (χ1) is 11.7. The third kappa shape index (κ3) is 2.93. The smallest absolute Gasteiger partial charge is 0.352 e. The number of nitrogens with one attached hydrogen (secondary N) is 1. The number of nitrogens with zero attached hydrogens (tertiary/aromatic N) is 1. The molecule has 1 fully saturated rings. The molecular weight excluding hydrogens is 300 g/mol. The summed E-state index contributed by atoms with van der Waals surface area (Å²) in [4.78, 5) is 16.5. The van der Waals surface area contributed by atoms with Crippen molar-refractivity contribution >= 4 is 16.9 Å². The lowest BCUT2D eigenvalue weighted by molar-refractivity contribution is 0.0691. The minimum Gasteiger partial charge on any atom is -0.477 e. The molecule has 24 heavy (non-hydrogen) atoms. The zero-order chi connectivity index (χ0) is 16.5. The Kier molecular flexibility index (Phi) is 3.82. The number of carboxylic acid groups (broad SMARTS) is 1. The van der Waals surface area contributed by atoms with Gasteiger partial charge in [-0.15, -0.1) is 0 Å². The van der Waals surface area contributed by atoms with Gasteiger partial charge in [-0.25, -0.2) is 4.79 Å². The summed E-state index contributed by atoms with van der Waals surface area (Å²) in [5, 5.41) is 10.1. The van der Waals surface area contributed by atoms with Gasteiger partial charge in [0.15, 0.2) is 0 Å². The van der Waals surface area contributed by atoms with Crippen molar-refractivity contribution in [1.82, 2.24) is 9.88 Å². The van der Waals surface area contributed by atoms with E-state index in [0.29, 0.717) is 5.92 Å². The summed E-state index contributed by atoms with van der Waals surface area (Å²) in [5.74, 6) is -0.399. The van der Waals surface area contributed by atoms with Crippen LogP contribution in [0.5, 0.6) is 0 Å². The monoisotopic (exact) mass is 320 g/mol. The molecule has 3 aromatic rings. The molecule has 1 aromatic heterocycles. The van der Waals surface area contributed by atoms with Gasteiger partial charge in [0.25, 0.3) is 0 Å². The van der Waals surface area contributed by atoms with E-state index in [1.54, 1.807) is 6.07 Å². The Morgan fingerprint density at radius 1 is 1.17 bits per heavy atom. The summed E-state index contributed by atoms with van der Waals surface area (Å²) in [6.45, 7) is 3.15. The number of aromatic amines is 1. The minimum absolute atomic E-state index is 0.249. The maximum Gasteiger partial charge on any atom is 0.352 e. The molecule has 0 spiro atoms. The molecule has 4 nitrogen and oxygen atoms in total. The molecule has 0 saturated carbocycles. The van der Waals surface area contributed by atoms with E-state index in [-0.39, 0.29) is 5.69 Å². The number of likely N-dealkylation sites (tertiary alicyclic amines) is 1. The van der Waals surface area contributed by atoms with Crippen LogP contribution < -0.4 is 0 Å². The first kappa shape index (κ1) is 15.0. The van der Waals surface area contributed by atoms with Crippen molar-refractivity contribution in [2.24, 2.45) is 0 Å². The van der Waals surface area contributed by atoms with E-state index in [1.807, 2.05) is 12.1 Å². The van der Waals surface area contributed by atoms with Crippen molar-refractivity contribution in [1.29, 1.82) is 0 Å². The number of carboxylic acids is 1. The molecule has 2 N–H and O–H groups in total. The number of aromatic carboxylic acids is 1. The third-order valence-corrected chi connectivity index (χ3v) is 4.87. The standard InChI is InChI=1S/C20H20N2O2/c23-20(24)19-11-17-10-15(6-7-18(17)21-19)16-8-9-22(13-16)12-14-4-2-1-3-5-14/h1-7,10-11,16,21H,8-9,12-13H2,(H,23,24). The van der Waals surface area contributed by atoms with Crippen molar-refractivity contribution in [2.45, 2.75) is 18.9 Å². The topological polar surface area (TPSA) is 56.3 Å². The molecule has 122 valence electrons. The lowest BCUT2D eigenvalue weighted by atomic mass is 9.97. The molecular formula is C20H20N2O2. The Labute approximate surface area is 140 Å². The summed E-state index contributed by atoms with van der Waals surface area (Å²) < 4.78 is 0. The predicted molar refractivity (Wildman–Crippen MR) is 94.3 cm³/mol. The number of benzene rings is 2. The zero-order valence-electron chi connectivity index (χ0n) is 13.4. The quantitative estimate of drug-likeness (QED) is 0.767. The lowest BCUT2D eigenvalue weighted by Crippen LogP contribution is -2.19. The molecule has 0 aliphatic carbocycles. The Bertz CT molecular complexity index is 870. The normalized spacial score (nSPS) is 18.2. The fourth-order valence-corrected chi connectivity index (χ4v) is 3.61. The van der Waals surface area contributed by atoms with Gasteiger partial charge < -0.3 is 10.1 Å². The van der Waals surface area contributed by atoms with Gasteiger partial charge in [0, 0.05) is 24.0 Å². The van der Waals surface area contributed by atoms with E-state index in [1.165, 1.54) is 11.1 Å². The van der Waals surface area contributed by atoms with Gasteiger partial charge in [0.1, 0.15) is 5.69 Å². The lowest BCUT2D eigenvalue weighted by Gasteiger charge is -2.16. The Morgan fingerprint density at radius 2 is 2.00 bits per heavy atom. The first-order valence-electron chi connectivity index (χ1n) is 8.31. The molecule has 4 heteroatoms. The summed E-state index contributed by atoms with van der Waals surface area (Å²) in [5.41, 5.74) is 3.79. The summed E-state index contributed by atoms with van der Waals surface area (Å²) in [6, 6.07) is 18.5. The molecule has 0 radical (unpaired) electrons. The highest BCUT2D eigenvalue weighted by atomic mass is 16.4. The number of hydrogen-bond donors (Lipinski definition) is 2. The highest BCUT2D eigenvalue weighted by Crippen LogP contribution is 2.30. The number of H-pyrrole nitrogens is 1. The highest BCUT2D eigenvalue weighted by molar-refractivity contribution is 5.93. The number of rotatable bonds is 4. The second kappa shape index (κ2) is 6.13. The summed E-state index contributed by atoms with van der Waals surface area (Å²) in [7, 11) is 0. The van der Waals surface area contributed by atoms with E-state index < -0.39 is 5.97 Å². The molecule has 2 heterocycles. The fourth-order valence-electron chi connectivity index (χ4n) is 3.61. The van der Waals surface area contributed by atoms with Crippen LogP contribution in [0.25, 0.3) is 10.9 Å². The Morgan fingerprint density at radius 3 is 2.79 bits per heavy atom. The first-order valence-corrected chi connectivity index (χ1v) is 8.31. The van der Waals surface area contributed by atoms with Crippen LogP contribution in [0, 0.1) is 0 Å². The van der Waals surface area contributed by atoms with E-state index in [9.17, 15) is 4.79 Å². The molecule has 4 rings (SSSR count). The molecule has 0 bridgehead atoms. The van der Waals surface area contributed by atoms with Gasteiger partial charge in [-0.3, -0.25) is 4.90 Å². The maximum atomic E-state index is 11.1. The van der Waals surface area contributed by atoms with Gasteiger partial charge in [0.2, 0.25) is 0 Å². The highest BCUT2D eigenvalue weighted by Gasteiger charge is 2.24. The average Bonchev–Trinajstić information content (AvgIpc) is 3.21. The maximum absolute atomic E-state index is 11.1. The van der Waals surface area contributed by atoms with Crippen molar-refractivity contribution in [3.05, 3.63) is 71.4 Å². The van der Waals surface area contributed by atoms with Crippen molar-refractivity contribution < 1.29 is 9.90 Å². The van der Waals surface area contributed by atoms with Gasteiger partial charge >= 0.3 is 5.97 Å². The van der Waals surface area contributed by atoms with Crippen LogP contribution in [-0.4, -0.2) is 34.0 Å². The number of aromatic nitrogens is 1. The summed E-state index contributed by atoms with van der Waals surface area (Å²) in [6.07, 6.45) is 1.15. The largest absolute Gasteiger partial charge is 0.477 e. The number of hydrogen-bond acceptors (Lipinski definition) is 2. The van der Waals surface area contributed by atoms with Crippen LogP contribution in [0.2, 0.25) is 0 Å². The molecule has 1 atom stereocenters. The van der Waals surface area contributed by atoms with Gasteiger partial charge in [-0.2, -0.15) is 0 Å². The predicted octanol–water partition coefficient (Wildman–Crippen LogP) is 3.86. The second-order valence-corrected chi connectivity index (χ2v) is 6.54. The van der Waals surface area contributed by atoms with Gasteiger partial charge in [-0.1, -0.05) is 36.4 Å². The molecule has 0 amide bonds. The van der Waals surface area contributed by atoms with Crippen LogP contribution in [0.15, 0.2) is 54.6 Å². The number of carbonyl (C=O) groups is 1. The molecule has 1 saturated heterocycles. The summed E-state index contributed by atoms with van der Waals surface area (Å²) >= 11 is 0. The van der Waals surface area contributed by atoms with Crippen LogP contribution in [0.4, 0.5) is 0 Å². The van der Waals surface area contributed by atoms with Crippen molar-refractivity contribution in [3.8, 4) is 0 Å². The average molecular weight is 320 g/mol. The van der Waals surface area contributed by atoms with Gasteiger partial charge in [0.05, 0.1) is 0 Å². The van der Waals surface area contributed by atoms with E-state index in [2.05, 4.69) is 46.3 Å². The van der Waals surface area contributed by atoms with Crippen LogP contribution in [0.3, 0.4) is 0 Å². The van der Waals surface area contributed by atoms with E-state index in [0.717, 1.165) is 37.0 Å². The van der Waals surface area contributed by atoms with Gasteiger partial charge in [-0.05, 0) is 48.2 Å². The van der Waals surface area contributed by atoms with Crippen LogP contribution >= 0.6 is 0 Å². The minimum atomic E-state index is -0.914. The third-order valence-electron chi connectivity index (χ3n) is 4.87. The van der Waals surface area contributed by atoms with E-state index in [4.69, 9.17) is 5.11 Å². The second-order valence-electron chi connectivity index (χ2n) is 6.54. The molecule has 2 aromatic carbocycles. The molecule has 1 aliphatic rings. The number of fused-ring (bicyclic) bond motifs is 1.